The maximum atomic E-state index is 13.0. The third kappa shape index (κ3) is 2.54. The summed E-state index contributed by atoms with van der Waals surface area (Å²) < 4.78 is 40.6. The standard InChI is InChI=1S/C17H13F3N4O/c1-24-13-6-5-11-12(8-14(25)21-15(11)16(13)22-23-24)9-3-2-4-10(7-9)17(18,19)20/h2-7,12H,8H2,1H3,(H,21,25). The Morgan fingerprint density at radius 1 is 1.24 bits per heavy atom. The second-order valence-corrected chi connectivity index (χ2v) is 6.04. The molecule has 2 heterocycles. The van der Waals surface area contributed by atoms with Gasteiger partial charge in [0.15, 0.2) is 0 Å². The van der Waals surface area contributed by atoms with Crippen LogP contribution in [0.1, 0.15) is 29.0 Å². The second kappa shape index (κ2) is 5.30. The van der Waals surface area contributed by atoms with Crippen LogP contribution in [-0.4, -0.2) is 20.9 Å². The molecule has 2 aromatic carbocycles. The summed E-state index contributed by atoms with van der Waals surface area (Å²) in [6, 6.07) is 8.74. The van der Waals surface area contributed by atoms with Crippen LogP contribution in [0.2, 0.25) is 0 Å². The smallest absolute Gasteiger partial charge is 0.324 e. The third-order valence-electron chi connectivity index (χ3n) is 4.46. The van der Waals surface area contributed by atoms with Crippen molar-refractivity contribution in [3.05, 3.63) is 53.1 Å². The molecule has 0 bridgehead atoms. The second-order valence-electron chi connectivity index (χ2n) is 6.04. The highest BCUT2D eigenvalue weighted by molar-refractivity contribution is 6.03. The first-order valence-electron chi connectivity index (χ1n) is 7.64. The van der Waals surface area contributed by atoms with Crippen LogP contribution in [0.15, 0.2) is 36.4 Å². The number of carbonyl (C=O) groups excluding carboxylic acids is 1. The van der Waals surface area contributed by atoms with Gasteiger partial charge in [-0.15, -0.1) is 5.10 Å². The van der Waals surface area contributed by atoms with E-state index in [9.17, 15) is 18.0 Å². The lowest BCUT2D eigenvalue weighted by Gasteiger charge is -2.26. The zero-order valence-electron chi connectivity index (χ0n) is 13.1. The summed E-state index contributed by atoms with van der Waals surface area (Å²) in [5, 5.41) is 10.8. The van der Waals surface area contributed by atoms with E-state index in [4.69, 9.17) is 0 Å². The molecule has 1 atom stereocenters. The van der Waals surface area contributed by atoms with Crippen LogP contribution >= 0.6 is 0 Å². The largest absolute Gasteiger partial charge is 0.416 e. The first-order valence-corrected chi connectivity index (χ1v) is 7.64. The molecule has 0 saturated heterocycles. The first-order chi connectivity index (χ1) is 11.8. The molecule has 1 amide bonds. The van der Waals surface area contributed by atoms with Crippen LogP contribution in [0, 0.1) is 0 Å². The van der Waals surface area contributed by atoms with Gasteiger partial charge in [0.2, 0.25) is 5.91 Å². The highest BCUT2D eigenvalue weighted by atomic mass is 19.4. The molecule has 1 N–H and O–H groups in total. The predicted octanol–water partition coefficient (Wildman–Crippen LogP) is 3.46. The van der Waals surface area contributed by atoms with Crippen LogP contribution in [0.5, 0.6) is 0 Å². The fourth-order valence-electron chi connectivity index (χ4n) is 3.25. The Morgan fingerprint density at radius 3 is 2.80 bits per heavy atom. The summed E-state index contributed by atoms with van der Waals surface area (Å²) in [6.07, 6.45) is -4.34. The molecule has 0 saturated carbocycles. The summed E-state index contributed by atoms with van der Waals surface area (Å²) in [6.45, 7) is 0. The lowest BCUT2D eigenvalue weighted by Crippen LogP contribution is -2.24. The van der Waals surface area contributed by atoms with Gasteiger partial charge >= 0.3 is 6.18 Å². The van der Waals surface area contributed by atoms with Crippen molar-refractivity contribution in [1.29, 1.82) is 0 Å². The van der Waals surface area contributed by atoms with Crippen molar-refractivity contribution in [3.63, 3.8) is 0 Å². The number of nitrogens with zero attached hydrogens (tertiary/aromatic N) is 3. The van der Waals surface area contributed by atoms with Crippen LogP contribution in [0.25, 0.3) is 11.0 Å². The van der Waals surface area contributed by atoms with Crippen LogP contribution in [0.4, 0.5) is 18.9 Å². The number of benzene rings is 2. The molecule has 8 heteroatoms. The average Bonchev–Trinajstić information content (AvgIpc) is 2.95. The van der Waals surface area contributed by atoms with Gasteiger partial charge in [0, 0.05) is 19.4 Å². The Morgan fingerprint density at radius 2 is 2.04 bits per heavy atom. The topological polar surface area (TPSA) is 59.8 Å². The Kier molecular flexibility index (Phi) is 3.31. The van der Waals surface area contributed by atoms with Crippen LogP contribution < -0.4 is 5.32 Å². The summed E-state index contributed by atoms with van der Waals surface area (Å²) in [7, 11) is 1.73. The van der Waals surface area contributed by atoms with Gasteiger partial charge < -0.3 is 5.32 Å². The quantitative estimate of drug-likeness (QED) is 0.734. The summed E-state index contributed by atoms with van der Waals surface area (Å²) in [4.78, 5) is 12.2. The SMILES string of the molecule is Cn1nnc2c3c(ccc21)C(c1cccc(C(F)(F)F)c1)CC(=O)N3. The van der Waals surface area contributed by atoms with E-state index in [1.54, 1.807) is 17.8 Å². The van der Waals surface area contributed by atoms with Gasteiger partial charge in [-0.1, -0.05) is 29.5 Å². The third-order valence-corrected chi connectivity index (χ3v) is 4.46. The molecule has 1 unspecified atom stereocenters. The van der Waals surface area contributed by atoms with Gasteiger partial charge in [-0.2, -0.15) is 13.2 Å². The number of aryl methyl sites for hydroxylation is 1. The van der Waals surface area contributed by atoms with Crippen molar-refractivity contribution < 1.29 is 18.0 Å². The monoisotopic (exact) mass is 346 g/mol. The van der Waals surface area contributed by atoms with Crippen molar-refractivity contribution in [2.75, 3.05) is 5.32 Å². The molecule has 3 aromatic rings. The normalized spacial score (nSPS) is 17.4. The molecule has 0 aliphatic carbocycles. The highest BCUT2D eigenvalue weighted by Crippen LogP contribution is 2.41. The number of aromatic nitrogens is 3. The summed E-state index contributed by atoms with van der Waals surface area (Å²) in [5.74, 6) is -0.717. The number of fused-ring (bicyclic) bond motifs is 3. The molecule has 0 radical (unpaired) electrons. The number of carbonyl (C=O) groups is 1. The highest BCUT2D eigenvalue weighted by Gasteiger charge is 2.33. The van der Waals surface area contributed by atoms with E-state index in [1.807, 2.05) is 12.1 Å². The number of hydrogen-bond acceptors (Lipinski definition) is 3. The molecule has 4 rings (SSSR count). The number of amides is 1. The predicted molar refractivity (Wildman–Crippen MR) is 85.0 cm³/mol. The number of rotatable bonds is 1. The van der Waals surface area contributed by atoms with Gasteiger partial charge in [-0.25, -0.2) is 4.68 Å². The molecular formula is C17H13F3N4O. The first kappa shape index (κ1) is 15.6. The van der Waals surface area contributed by atoms with E-state index in [1.165, 1.54) is 6.07 Å². The zero-order valence-corrected chi connectivity index (χ0v) is 13.1. The Labute approximate surface area is 140 Å². The maximum absolute atomic E-state index is 13.0. The molecule has 1 aliphatic rings. The molecule has 0 fully saturated rings. The molecule has 128 valence electrons. The number of nitrogens with one attached hydrogen (secondary N) is 1. The van der Waals surface area contributed by atoms with Gasteiger partial charge in [0.25, 0.3) is 0 Å². The van der Waals surface area contributed by atoms with E-state index in [2.05, 4.69) is 15.6 Å². The summed E-state index contributed by atoms with van der Waals surface area (Å²) >= 11 is 0. The fourth-order valence-corrected chi connectivity index (χ4v) is 3.25. The zero-order chi connectivity index (χ0) is 17.8. The number of hydrogen-bond donors (Lipinski definition) is 1. The van der Waals surface area contributed by atoms with Crippen molar-refractivity contribution in [2.45, 2.75) is 18.5 Å². The minimum absolute atomic E-state index is 0.0834. The summed E-state index contributed by atoms with van der Waals surface area (Å²) in [5.41, 5.74) is 2.26. The maximum Gasteiger partial charge on any atom is 0.416 e. The van der Waals surface area contributed by atoms with Gasteiger partial charge in [0.05, 0.1) is 16.8 Å². The van der Waals surface area contributed by atoms with Crippen molar-refractivity contribution in [1.82, 2.24) is 15.0 Å². The lowest BCUT2D eigenvalue weighted by molar-refractivity contribution is -0.137. The Hall–Kier alpha value is -2.90. The molecule has 25 heavy (non-hydrogen) atoms. The lowest BCUT2D eigenvalue weighted by atomic mass is 9.84. The number of halogens is 3. The molecular weight excluding hydrogens is 333 g/mol. The van der Waals surface area contributed by atoms with Gasteiger partial charge in [-0.3, -0.25) is 4.79 Å². The van der Waals surface area contributed by atoms with Crippen molar-refractivity contribution in [2.24, 2.45) is 7.05 Å². The van der Waals surface area contributed by atoms with Crippen LogP contribution in [-0.2, 0) is 18.0 Å². The molecule has 5 nitrogen and oxygen atoms in total. The van der Waals surface area contributed by atoms with E-state index >= 15 is 0 Å². The minimum atomic E-state index is -4.43. The van der Waals surface area contributed by atoms with Crippen molar-refractivity contribution >= 4 is 22.6 Å². The van der Waals surface area contributed by atoms with E-state index < -0.39 is 17.7 Å². The Balaban J connectivity index is 1.88. The van der Waals surface area contributed by atoms with E-state index in [-0.39, 0.29) is 12.3 Å². The molecule has 1 aromatic heterocycles. The van der Waals surface area contributed by atoms with E-state index in [0.717, 1.165) is 23.2 Å². The average molecular weight is 346 g/mol. The van der Waals surface area contributed by atoms with Crippen LogP contribution in [0.3, 0.4) is 0 Å². The van der Waals surface area contributed by atoms with Crippen molar-refractivity contribution in [3.8, 4) is 0 Å². The van der Waals surface area contributed by atoms with E-state index in [0.29, 0.717) is 16.8 Å². The minimum Gasteiger partial charge on any atom is -0.324 e. The number of anilines is 1. The molecule has 1 aliphatic heterocycles. The number of alkyl halides is 3. The Bertz CT molecular complexity index is 993. The van der Waals surface area contributed by atoms with Gasteiger partial charge in [0.1, 0.15) is 5.52 Å². The molecule has 0 spiro atoms. The fraction of sp³-hybridized carbons (Fsp3) is 0.235. The van der Waals surface area contributed by atoms with Gasteiger partial charge in [-0.05, 0) is 23.3 Å².